The van der Waals surface area contributed by atoms with Gasteiger partial charge in [-0.1, -0.05) is 18.2 Å². The van der Waals surface area contributed by atoms with Crippen molar-refractivity contribution in [3.8, 4) is 5.75 Å². The van der Waals surface area contributed by atoms with Crippen molar-refractivity contribution in [2.24, 2.45) is 0 Å². The number of amides is 2. The molecule has 0 saturated heterocycles. The fourth-order valence-electron chi connectivity index (χ4n) is 2.63. The molecule has 142 valence electrons. The van der Waals surface area contributed by atoms with Crippen LogP contribution in [0.25, 0.3) is 0 Å². The van der Waals surface area contributed by atoms with Crippen LogP contribution in [0.3, 0.4) is 0 Å². The zero-order valence-corrected chi connectivity index (χ0v) is 16.4. The highest BCUT2D eigenvalue weighted by molar-refractivity contribution is 7.98. The summed E-state index contributed by atoms with van der Waals surface area (Å²) in [6, 6.07) is 21.3. The molecule has 0 heterocycles. The first-order valence-corrected chi connectivity index (χ1v) is 9.83. The number of benzene rings is 3. The van der Waals surface area contributed by atoms with E-state index in [-0.39, 0.29) is 11.8 Å². The Morgan fingerprint density at radius 3 is 2.32 bits per heavy atom. The van der Waals surface area contributed by atoms with Gasteiger partial charge in [0.25, 0.3) is 11.8 Å². The molecule has 3 aromatic rings. The van der Waals surface area contributed by atoms with E-state index >= 15 is 0 Å². The lowest BCUT2D eigenvalue weighted by Crippen LogP contribution is -2.18. The number of carbonyl (C=O) groups is 2. The summed E-state index contributed by atoms with van der Waals surface area (Å²) in [6.45, 7) is 0. The Labute approximate surface area is 168 Å². The maximum absolute atomic E-state index is 12.8. The molecule has 2 amide bonds. The predicted octanol–water partition coefficient (Wildman–Crippen LogP) is 4.92. The highest BCUT2D eigenvalue weighted by Gasteiger charge is 2.14. The van der Waals surface area contributed by atoms with Gasteiger partial charge in [-0.3, -0.25) is 9.59 Å². The van der Waals surface area contributed by atoms with Crippen LogP contribution in [0.5, 0.6) is 5.75 Å². The normalized spacial score (nSPS) is 10.2. The third-order valence-corrected chi connectivity index (χ3v) is 4.83. The number of ether oxygens (including phenoxy) is 1. The first kappa shape index (κ1) is 19.5. The minimum absolute atomic E-state index is 0.288. The van der Waals surface area contributed by atoms with E-state index in [1.165, 1.54) is 0 Å². The zero-order valence-electron chi connectivity index (χ0n) is 15.6. The van der Waals surface area contributed by atoms with Gasteiger partial charge in [0.05, 0.1) is 18.4 Å². The third-order valence-electron chi connectivity index (χ3n) is 4.10. The van der Waals surface area contributed by atoms with Gasteiger partial charge >= 0.3 is 0 Å². The number of rotatable bonds is 6. The standard InChI is InChI=1S/C22H20N2O3S/c1-27-17-12-10-15(11-13-17)21(25)24-20-9-4-3-8-19(20)22(26)23-16-6-5-7-18(14-16)28-2/h3-14H,1-2H3,(H,23,26)(H,24,25). The molecular formula is C22H20N2O3S. The Morgan fingerprint density at radius 1 is 0.857 bits per heavy atom. The summed E-state index contributed by atoms with van der Waals surface area (Å²) in [7, 11) is 1.57. The molecule has 2 N–H and O–H groups in total. The highest BCUT2D eigenvalue weighted by atomic mass is 32.2. The molecule has 0 radical (unpaired) electrons. The van der Waals surface area contributed by atoms with Crippen LogP contribution in [0.4, 0.5) is 11.4 Å². The van der Waals surface area contributed by atoms with Crippen molar-refractivity contribution in [2.75, 3.05) is 24.0 Å². The molecule has 3 rings (SSSR count). The average molecular weight is 392 g/mol. The fraction of sp³-hybridized carbons (Fsp3) is 0.0909. The van der Waals surface area contributed by atoms with Crippen molar-refractivity contribution in [1.29, 1.82) is 0 Å². The van der Waals surface area contributed by atoms with E-state index in [1.807, 2.05) is 30.5 Å². The molecule has 0 aromatic heterocycles. The minimum atomic E-state index is -0.299. The van der Waals surface area contributed by atoms with E-state index in [1.54, 1.807) is 67.4 Å². The van der Waals surface area contributed by atoms with Gasteiger partial charge in [0, 0.05) is 16.1 Å². The van der Waals surface area contributed by atoms with Gasteiger partial charge in [-0.25, -0.2) is 0 Å². The number of para-hydroxylation sites is 1. The SMILES string of the molecule is COc1ccc(C(=O)Nc2ccccc2C(=O)Nc2cccc(SC)c2)cc1. The molecule has 0 saturated carbocycles. The average Bonchev–Trinajstić information content (AvgIpc) is 2.74. The number of methoxy groups -OCH3 is 1. The second-order valence-electron chi connectivity index (χ2n) is 5.91. The number of carbonyl (C=O) groups excluding carboxylic acids is 2. The van der Waals surface area contributed by atoms with Gasteiger partial charge < -0.3 is 15.4 Å². The molecular weight excluding hydrogens is 372 g/mol. The van der Waals surface area contributed by atoms with E-state index in [2.05, 4.69) is 10.6 Å². The first-order valence-electron chi connectivity index (χ1n) is 8.60. The summed E-state index contributed by atoms with van der Waals surface area (Å²) in [5.41, 5.74) is 2.01. The Morgan fingerprint density at radius 2 is 1.61 bits per heavy atom. The Balaban J connectivity index is 1.78. The van der Waals surface area contributed by atoms with Gasteiger partial charge in [-0.15, -0.1) is 11.8 Å². The van der Waals surface area contributed by atoms with Gasteiger partial charge in [0.15, 0.2) is 0 Å². The summed E-state index contributed by atoms with van der Waals surface area (Å²) in [6.07, 6.45) is 1.98. The van der Waals surface area contributed by atoms with Crippen LogP contribution in [-0.4, -0.2) is 25.2 Å². The van der Waals surface area contributed by atoms with Crippen molar-refractivity contribution in [1.82, 2.24) is 0 Å². The second kappa shape index (κ2) is 9.10. The summed E-state index contributed by atoms with van der Waals surface area (Å²) in [5, 5.41) is 5.69. The topological polar surface area (TPSA) is 67.4 Å². The maximum atomic E-state index is 12.8. The molecule has 0 fully saturated rings. The van der Waals surface area contributed by atoms with E-state index in [0.29, 0.717) is 28.3 Å². The predicted molar refractivity (Wildman–Crippen MR) is 114 cm³/mol. The molecule has 0 bridgehead atoms. The van der Waals surface area contributed by atoms with E-state index in [9.17, 15) is 9.59 Å². The Kier molecular flexibility index (Phi) is 6.34. The van der Waals surface area contributed by atoms with Crippen molar-refractivity contribution in [3.63, 3.8) is 0 Å². The number of hydrogen-bond donors (Lipinski definition) is 2. The van der Waals surface area contributed by atoms with Gasteiger partial charge in [0.2, 0.25) is 0 Å². The summed E-state index contributed by atoms with van der Waals surface area (Å²) >= 11 is 1.60. The summed E-state index contributed by atoms with van der Waals surface area (Å²) in [5.74, 6) is 0.0833. The molecule has 28 heavy (non-hydrogen) atoms. The first-order chi connectivity index (χ1) is 13.6. The largest absolute Gasteiger partial charge is 0.497 e. The quantitative estimate of drug-likeness (QED) is 0.584. The van der Waals surface area contributed by atoms with Crippen LogP contribution >= 0.6 is 11.8 Å². The number of nitrogens with one attached hydrogen (secondary N) is 2. The smallest absolute Gasteiger partial charge is 0.257 e. The lowest BCUT2D eigenvalue weighted by Gasteiger charge is -2.12. The summed E-state index contributed by atoms with van der Waals surface area (Å²) < 4.78 is 5.10. The summed E-state index contributed by atoms with van der Waals surface area (Å²) in [4.78, 5) is 26.3. The monoisotopic (exact) mass is 392 g/mol. The van der Waals surface area contributed by atoms with Crippen molar-refractivity contribution in [2.45, 2.75) is 4.90 Å². The molecule has 5 nitrogen and oxygen atoms in total. The highest BCUT2D eigenvalue weighted by Crippen LogP contribution is 2.22. The van der Waals surface area contributed by atoms with E-state index in [0.717, 1.165) is 4.90 Å². The molecule has 0 aliphatic rings. The van der Waals surface area contributed by atoms with Crippen molar-refractivity contribution >= 4 is 35.0 Å². The molecule has 0 atom stereocenters. The van der Waals surface area contributed by atoms with Crippen LogP contribution in [0.15, 0.2) is 77.7 Å². The second-order valence-corrected chi connectivity index (χ2v) is 6.79. The molecule has 3 aromatic carbocycles. The molecule has 0 spiro atoms. The maximum Gasteiger partial charge on any atom is 0.257 e. The van der Waals surface area contributed by atoms with E-state index < -0.39 is 0 Å². The van der Waals surface area contributed by atoms with Crippen molar-refractivity contribution < 1.29 is 14.3 Å². The lowest BCUT2D eigenvalue weighted by atomic mass is 10.1. The number of thioether (sulfide) groups is 1. The van der Waals surface area contributed by atoms with E-state index in [4.69, 9.17) is 4.74 Å². The van der Waals surface area contributed by atoms with Gasteiger partial charge in [0.1, 0.15) is 5.75 Å². The third kappa shape index (κ3) is 4.72. The zero-order chi connectivity index (χ0) is 19.9. The lowest BCUT2D eigenvalue weighted by molar-refractivity contribution is 0.102. The van der Waals surface area contributed by atoms with Crippen LogP contribution < -0.4 is 15.4 Å². The fourth-order valence-corrected chi connectivity index (χ4v) is 3.09. The van der Waals surface area contributed by atoms with Crippen LogP contribution in [0.1, 0.15) is 20.7 Å². The number of hydrogen-bond acceptors (Lipinski definition) is 4. The number of anilines is 2. The van der Waals surface area contributed by atoms with Crippen LogP contribution in [-0.2, 0) is 0 Å². The minimum Gasteiger partial charge on any atom is -0.497 e. The molecule has 0 aliphatic heterocycles. The molecule has 0 aliphatic carbocycles. The van der Waals surface area contributed by atoms with Crippen LogP contribution in [0.2, 0.25) is 0 Å². The Bertz CT molecular complexity index is 987. The Hall–Kier alpha value is -3.25. The molecule has 6 heteroatoms. The van der Waals surface area contributed by atoms with Crippen LogP contribution in [0, 0.1) is 0 Å². The molecule has 0 unspecified atom stereocenters. The van der Waals surface area contributed by atoms with Gasteiger partial charge in [-0.2, -0.15) is 0 Å². The van der Waals surface area contributed by atoms with Gasteiger partial charge in [-0.05, 0) is 60.9 Å². The van der Waals surface area contributed by atoms with Crippen molar-refractivity contribution in [3.05, 3.63) is 83.9 Å².